The number of anilines is 1. The SMILES string of the molecule is C[C@H](NC(=O)[C@H]1CCCCN1CCOc1ccc(N)cc1)c1ccc(C(=O)O)cc1. The molecule has 1 heterocycles. The predicted molar refractivity (Wildman–Crippen MR) is 116 cm³/mol. The van der Waals surface area contributed by atoms with E-state index in [2.05, 4.69) is 10.2 Å². The van der Waals surface area contributed by atoms with E-state index >= 15 is 0 Å². The van der Waals surface area contributed by atoms with Crippen molar-refractivity contribution >= 4 is 17.6 Å². The molecule has 1 amide bonds. The van der Waals surface area contributed by atoms with E-state index in [0.29, 0.717) is 18.8 Å². The average molecular weight is 412 g/mol. The Morgan fingerprint density at radius 1 is 1.17 bits per heavy atom. The first kappa shape index (κ1) is 21.6. The van der Waals surface area contributed by atoms with Gasteiger partial charge in [-0.1, -0.05) is 18.6 Å². The van der Waals surface area contributed by atoms with Crippen LogP contribution >= 0.6 is 0 Å². The maximum Gasteiger partial charge on any atom is 0.335 e. The molecule has 0 radical (unpaired) electrons. The third kappa shape index (κ3) is 5.73. The van der Waals surface area contributed by atoms with Crippen molar-refractivity contribution < 1.29 is 19.4 Å². The van der Waals surface area contributed by atoms with Crippen molar-refractivity contribution in [3.8, 4) is 5.75 Å². The van der Waals surface area contributed by atoms with Gasteiger partial charge in [-0.15, -0.1) is 0 Å². The summed E-state index contributed by atoms with van der Waals surface area (Å²) in [7, 11) is 0. The van der Waals surface area contributed by atoms with Crippen LogP contribution in [-0.4, -0.2) is 47.6 Å². The van der Waals surface area contributed by atoms with E-state index in [-0.39, 0.29) is 23.6 Å². The molecule has 1 aliphatic rings. The summed E-state index contributed by atoms with van der Waals surface area (Å²) in [6.07, 6.45) is 2.91. The fourth-order valence-corrected chi connectivity index (χ4v) is 3.71. The number of carbonyl (C=O) groups excluding carboxylic acids is 1. The summed E-state index contributed by atoms with van der Waals surface area (Å²) >= 11 is 0. The largest absolute Gasteiger partial charge is 0.492 e. The molecule has 1 saturated heterocycles. The minimum absolute atomic E-state index is 0.00278. The number of carbonyl (C=O) groups is 2. The molecule has 0 aromatic heterocycles. The Morgan fingerprint density at radius 2 is 1.87 bits per heavy atom. The Balaban J connectivity index is 1.54. The lowest BCUT2D eigenvalue weighted by Crippen LogP contribution is -2.51. The van der Waals surface area contributed by atoms with E-state index < -0.39 is 5.97 Å². The quantitative estimate of drug-likeness (QED) is 0.577. The number of rotatable bonds is 8. The molecule has 7 nitrogen and oxygen atoms in total. The van der Waals surface area contributed by atoms with Crippen molar-refractivity contribution in [2.45, 2.75) is 38.3 Å². The number of nitrogen functional groups attached to an aromatic ring is 1. The van der Waals surface area contributed by atoms with Crippen LogP contribution in [0.15, 0.2) is 48.5 Å². The van der Waals surface area contributed by atoms with E-state index in [1.807, 2.05) is 19.1 Å². The van der Waals surface area contributed by atoms with E-state index in [1.165, 1.54) is 0 Å². The molecule has 0 spiro atoms. The average Bonchev–Trinajstić information content (AvgIpc) is 2.75. The number of hydrogen-bond donors (Lipinski definition) is 3. The van der Waals surface area contributed by atoms with Crippen molar-refractivity contribution in [1.82, 2.24) is 10.2 Å². The van der Waals surface area contributed by atoms with Gasteiger partial charge in [-0.3, -0.25) is 9.69 Å². The molecule has 160 valence electrons. The van der Waals surface area contributed by atoms with Crippen LogP contribution in [0.25, 0.3) is 0 Å². The number of amides is 1. The predicted octanol–water partition coefficient (Wildman–Crippen LogP) is 3.08. The smallest absolute Gasteiger partial charge is 0.335 e. The van der Waals surface area contributed by atoms with Gasteiger partial charge in [-0.25, -0.2) is 4.79 Å². The van der Waals surface area contributed by atoms with E-state index in [4.69, 9.17) is 15.6 Å². The number of nitrogens with one attached hydrogen (secondary N) is 1. The van der Waals surface area contributed by atoms with Crippen molar-refractivity contribution in [1.29, 1.82) is 0 Å². The molecule has 30 heavy (non-hydrogen) atoms. The van der Waals surface area contributed by atoms with Gasteiger partial charge in [0.25, 0.3) is 0 Å². The summed E-state index contributed by atoms with van der Waals surface area (Å²) in [6, 6.07) is 13.5. The highest BCUT2D eigenvalue weighted by molar-refractivity contribution is 5.87. The number of hydrogen-bond acceptors (Lipinski definition) is 5. The van der Waals surface area contributed by atoms with Gasteiger partial charge in [0.2, 0.25) is 5.91 Å². The van der Waals surface area contributed by atoms with E-state index in [0.717, 1.165) is 37.1 Å². The van der Waals surface area contributed by atoms with Crippen molar-refractivity contribution in [2.24, 2.45) is 0 Å². The topological polar surface area (TPSA) is 105 Å². The maximum atomic E-state index is 12.9. The summed E-state index contributed by atoms with van der Waals surface area (Å²) in [5.41, 5.74) is 7.50. The second-order valence-electron chi connectivity index (χ2n) is 7.62. The number of aromatic carboxylic acids is 1. The highest BCUT2D eigenvalue weighted by Gasteiger charge is 2.29. The zero-order chi connectivity index (χ0) is 21.5. The first-order valence-electron chi connectivity index (χ1n) is 10.3. The van der Waals surface area contributed by atoms with E-state index in [9.17, 15) is 9.59 Å². The van der Waals surface area contributed by atoms with Gasteiger partial charge in [-0.05, 0) is 68.3 Å². The van der Waals surface area contributed by atoms with Gasteiger partial charge in [-0.2, -0.15) is 0 Å². The summed E-state index contributed by atoms with van der Waals surface area (Å²) < 4.78 is 5.80. The zero-order valence-electron chi connectivity index (χ0n) is 17.2. The van der Waals surface area contributed by atoms with Crippen LogP contribution in [0.2, 0.25) is 0 Å². The normalized spacial score (nSPS) is 17.8. The Labute approximate surface area is 176 Å². The lowest BCUT2D eigenvalue weighted by Gasteiger charge is -2.35. The number of ether oxygens (including phenoxy) is 1. The number of nitrogens with zero attached hydrogens (tertiary/aromatic N) is 1. The molecule has 4 N–H and O–H groups in total. The molecule has 2 aromatic rings. The van der Waals surface area contributed by atoms with Gasteiger partial charge in [0, 0.05) is 12.2 Å². The van der Waals surface area contributed by atoms with Crippen LogP contribution in [0, 0.1) is 0 Å². The van der Waals surface area contributed by atoms with Gasteiger partial charge >= 0.3 is 5.97 Å². The number of likely N-dealkylation sites (tertiary alicyclic amines) is 1. The zero-order valence-corrected chi connectivity index (χ0v) is 17.2. The first-order valence-corrected chi connectivity index (χ1v) is 10.3. The minimum Gasteiger partial charge on any atom is -0.492 e. The molecular weight excluding hydrogens is 382 g/mol. The lowest BCUT2D eigenvalue weighted by atomic mass is 10.00. The van der Waals surface area contributed by atoms with Crippen molar-refractivity contribution in [3.63, 3.8) is 0 Å². The Kier molecular flexibility index (Phi) is 7.30. The van der Waals surface area contributed by atoms with Crippen LogP contribution in [0.1, 0.15) is 48.1 Å². The molecule has 0 saturated carbocycles. The molecule has 7 heteroatoms. The third-order valence-corrected chi connectivity index (χ3v) is 5.46. The van der Waals surface area contributed by atoms with Gasteiger partial charge < -0.3 is 20.9 Å². The third-order valence-electron chi connectivity index (χ3n) is 5.46. The van der Waals surface area contributed by atoms with Gasteiger partial charge in [0.1, 0.15) is 12.4 Å². The monoisotopic (exact) mass is 411 g/mol. The van der Waals surface area contributed by atoms with Crippen LogP contribution in [0.5, 0.6) is 5.75 Å². The Morgan fingerprint density at radius 3 is 2.53 bits per heavy atom. The van der Waals surface area contributed by atoms with Crippen molar-refractivity contribution in [3.05, 3.63) is 59.7 Å². The lowest BCUT2D eigenvalue weighted by molar-refractivity contribution is -0.128. The standard InChI is InChI=1S/C23H29N3O4/c1-16(17-5-7-18(8-6-17)23(28)29)25-22(27)21-4-2-3-13-26(21)14-15-30-20-11-9-19(24)10-12-20/h5-12,16,21H,2-4,13-15,24H2,1H3,(H,25,27)(H,28,29)/t16-,21+/m0/s1. The Hall–Kier alpha value is -3.06. The molecule has 0 bridgehead atoms. The number of benzene rings is 2. The van der Waals surface area contributed by atoms with Crippen LogP contribution < -0.4 is 15.8 Å². The number of piperidine rings is 1. The number of nitrogens with two attached hydrogens (primary N) is 1. The van der Waals surface area contributed by atoms with Crippen LogP contribution in [-0.2, 0) is 4.79 Å². The molecule has 2 aromatic carbocycles. The molecule has 3 rings (SSSR count). The second kappa shape index (κ2) is 10.1. The summed E-state index contributed by atoms with van der Waals surface area (Å²) in [6.45, 7) is 3.94. The van der Waals surface area contributed by atoms with Crippen LogP contribution in [0.3, 0.4) is 0 Å². The minimum atomic E-state index is -0.961. The van der Waals surface area contributed by atoms with Crippen molar-refractivity contribution in [2.75, 3.05) is 25.4 Å². The molecule has 0 aliphatic carbocycles. The van der Waals surface area contributed by atoms with Gasteiger partial charge in [0.15, 0.2) is 0 Å². The fraction of sp³-hybridized carbons (Fsp3) is 0.391. The highest BCUT2D eigenvalue weighted by Crippen LogP contribution is 2.20. The molecular formula is C23H29N3O4. The fourth-order valence-electron chi connectivity index (χ4n) is 3.71. The first-order chi connectivity index (χ1) is 14.4. The number of carboxylic acids is 1. The van der Waals surface area contributed by atoms with Crippen LogP contribution in [0.4, 0.5) is 5.69 Å². The summed E-state index contributed by atoms with van der Waals surface area (Å²) in [4.78, 5) is 26.1. The Bertz CT molecular complexity index is 852. The number of carboxylic acid groups (broad SMARTS) is 1. The maximum absolute atomic E-state index is 12.9. The molecule has 1 fully saturated rings. The van der Waals surface area contributed by atoms with Gasteiger partial charge in [0.05, 0.1) is 17.6 Å². The summed E-state index contributed by atoms with van der Waals surface area (Å²) in [5, 5.41) is 12.1. The summed E-state index contributed by atoms with van der Waals surface area (Å²) in [5.74, 6) is -0.199. The van der Waals surface area contributed by atoms with E-state index in [1.54, 1.807) is 36.4 Å². The molecule has 0 unspecified atom stereocenters. The highest BCUT2D eigenvalue weighted by atomic mass is 16.5. The second-order valence-corrected chi connectivity index (χ2v) is 7.62. The molecule has 2 atom stereocenters. The molecule has 1 aliphatic heterocycles.